The molecule has 1 aliphatic heterocycles. The number of rotatable bonds is 1. The van der Waals surface area contributed by atoms with Crippen LogP contribution < -0.4 is 5.32 Å². The van der Waals surface area contributed by atoms with Crippen LogP contribution in [0.2, 0.25) is 5.02 Å². The lowest BCUT2D eigenvalue weighted by Crippen LogP contribution is -2.32. The van der Waals surface area contributed by atoms with Gasteiger partial charge in [-0.3, -0.25) is 0 Å². The van der Waals surface area contributed by atoms with Gasteiger partial charge in [0.15, 0.2) is 0 Å². The minimum atomic E-state index is 0.593. The Morgan fingerprint density at radius 2 is 2.38 bits per heavy atom. The fourth-order valence-electron chi connectivity index (χ4n) is 1.55. The van der Waals surface area contributed by atoms with Gasteiger partial charge in [-0.1, -0.05) is 11.6 Å². The van der Waals surface area contributed by atoms with Crippen molar-refractivity contribution in [3.63, 3.8) is 0 Å². The molecule has 1 unspecified atom stereocenters. The lowest BCUT2D eigenvalue weighted by Gasteiger charge is -2.23. The minimum absolute atomic E-state index is 0.593. The van der Waals surface area contributed by atoms with Crippen molar-refractivity contribution in [3.05, 3.63) is 28.8 Å². The third-order valence-electron chi connectivity index (χ3n) is 2.34. The molecule has 0 radical (unpaired) electrons. The van der Waals surface area contributed by atoms with Crippen LogP contribution in [0.15, 0.2) is 23.1 Å². The van der Waals surface area contributed by atoms with Gasteiger partial charge in [-0.15, -0.1) is 11.8 Å². The van der Waals surface area contributed by atoms with Crippen molar-refractivity contribution in [2.75, 3.05) is 12.8 Å². The van der Waals surface area contributed by atoms with Gasteiger partial charge in [-0.25, -0.2) is 0 Å². The lowest BCUT2D eigenvalue weighted by molar-refractivity contribution is 0.605. The smallest absolute Gasteiger partial charge is 0.0409 e. The molecule has 1 N–H and O–H groups in total. The SMILES string of the molecule is CNC1CSc2ccc(Cl)cc2C1. The summed E-state index contributed by atoms with van der Waals surface area (Å²) in [5, 5.41) is 4.14. The molecule has 1 nitrogen and oxygen atoms in total. The minimum Gasteiger partial charge on any atom is -0.316 e. The van der Waals surface area contributed by atoms with Crippen LogP contribution in [0.25, 0.3) is 0 Å². The number of fused-ring (bicyclic) bond motifs is 1. The quantitative estimate of drug-likeness (QED) is 0.770. The summed E-state index contributed by atoms with van der Waals surface area (Å²) in [6.07, 6.45) is 1.10. The first-order valence-electron chi connectivity index (χ1n) is 4.38. The molecule has 1 aromatic carbocycles. The van der Waals surface area contributed by atoms with Crippen molar-refractivity contribution in [1.29, 1.82) is 0 Å². The summed E-state index contributed by atoms with van der Waals surface area (Å²) in [7, 11) is 2.01. The normalized spacial score (nSPS) is 21.2. The number of hydrogen-bond donors (Lipinski definition) is 1. The summed E-state index contributed by atoms with van der Waals surface area (Å²) >= 11 is 7.85. The molecule has 2 rings (SSSR count). The highest BCUT2D eigenvalue weighted by atomic mass is 35.5. The Kier molecular flexibility index (Phi) is 2.82. The predicted octanol–water partition coefficient (Wildman–Crippen LogP) is 2.58. The number of thioether (sulfide) groups is 1. The molecule has 0 aliphatic carbocycles. The molecule has 0 aromatic heterocycles. The Balaban J connectivity index is 2.27. The molecule has 3 heteroatoms. The van der Waals surface area contributed by atoms with Crippen LogP contribution in [0.5, 0.6) is 0 Å². The fourth-order valence-corrected chi connectivity index (χ4v) is 2.90. The predicted molar refractivity (Wildman–Crippen MR) is 58.7 cm³/mol. The maximum absolute atomic E-state index is 5.94. The van der Waals surface area contributed by atoms with E-state index in [-0.39, 0.29) is 0 Å². The van der Waals surface area contributed by atoms with E-state index in [0.29, 0.717) is 6.04 Å². The topological polar surface area (TPSA) is 12.0 Å². The molecule has 1 aliphatic rings. The summed E-state index contributed by atoms with van der Waals surface area (Å²) < 4.78 is 0. The Morgan fingerprint density at radius 3 is 3.15 bits per heavy atom. The molecule has 1 aromatic rings. The molecular formula is C10H12ClNS. The Bertz CT molecular complexity index is 314. The Morgan fingerprint density at radius 1 is 1.54 bits per heavy atom. The molecule has 0 amide bonds. The maximum atomic E-state index is 5.94. The monoisotopic (exact) mass is 213 g/mol. The second-order valence-electron chi connectivity index (χ2n) is 3.25. The van der Waals surface area contributed by atoms with Gasteiger partial charge in [0.2, 0.25) is 0 Å². The highest BCUT2D eigenvalue weighted by molar-refractivity contribution is 7.99. The van der Waals surface area contributed by atoms with Gasteiger partial charge in [-0.05, 0) is 37.2 Å². The van der Waals surface area contributed by atoms with E-state index >= 15 is 0 Å². The van der Waals surface area contributed by atoms with E-state index in [1.165, 1.54) is 10.5 Å². The summed E-state index contributed by atoms with van der Waals surface area (Å²) in [5.41, 5.74) is 1.38. The van der Waals surface area contributed by atoms with Gasteiger partial charge in [0.1, 0.15) is 0 Å². The molecule has 1 heterocycles. The van der Waals surface area contributed by atoms with E-state index in [1.807, 2.05) is 24.9 Å². The highest BCUT2D eigenvalue weighted by Crippen LogP contribution is 2.31. The van der Waals surface area contributed by atoms with Gasteiger partial charge >= 0.3 is 0 Å². The average Bonchev–Trinajstić information content (AvgIpc) is 2.16. The van der Waals surface area contributed by atoms with Crippen LogP contribution in [0.4, 0.5) is 0 Å². The van der Waals surface area contributed by atoms with E-state index in [2.05, 4.69) is 17.4 Å². The molecule has 70 valence electrons. The first kappa shape index (κ1) is 9.38. The summed E-state index contributed by atoms with van der Waals surface area (Å²) in [6.45, 7) is 0. The summed E-state index contributed by atoms with van der Waals surface area (Å²) in [4.78, 5) is 1.39. The van der Waals surface area contributed by atoms with Crippen molar-refractivity contribution in [3.8, 4) is 0 Å². The largest absolute Gasteiger partial charge is 0.316 e. The number of nitrogens with one attached hydrogen (secondary N) is 1. The Hall–Kier alpha value is -0.180. The van der Waals surface area contributed by atoms with Gasteiger partial charge in [-0.2, -0.15) is 0 Å². The van der Waals surface area contributed by atoms with Crippen molar-refractivity contribution >= 4 is 23.4 Å². The fraction of sp³-hybridized carbons (Fsp3) is 0.400. The standard InChI is InChI=1S/C10H12ClNS/c1-12-9-5-7-4-8(11)2-3-10(7)13-6-9/h2-4,9,12H,5-6H2,1H3. The lowest BCUT2D eigenvalue weighted by atomic mass is 10.1. The van der Waals surface area contributed by atoms with Crippen LogP contribution in [0.1, 0.15) is 5.56 Å². The summed E-state index contributed by atoms with van der Waals surface area (Å²) in [5.74, 6) is 1.16. The third-order valence-corrected chi connectivity index (χ3v) is 3.85. The average molecular weight is 214 g/mol. The van der Waals surface area contributed by atoms with Crippen molar-refractivity contribution < 1.29 is 0 Å². The second-order valence-corrected chi connectivity index (χ2v) is 4.75. The van der Waals surface area contributed by atoms with Crippen molar-refractivity contribution in [2.45, 2.75) is 17.4 Å². The van der Waals surface area contributed by atoms with Gasteiger partial charge in [0.25, 0.3) is 0 Å². The van der Waals surface area contributed by atoms with Crippen molar-refractivity contribution in [1.82, 2.24) is 5.32 Å². The van der Waals surface area contributed by atoms with Crippen LogP contribution in [-0.2, 0) is 6.42 Å². The van der Waals surface area contributed by atoms with Gasteiger partial charge in [0.05, 0.1) is 0 Å². The third kappa shape index (κ3) is 2.01. The van der Waals surface area contributed by atoms with Crippen LogP contribution in [-0.4, -0.2) is 18.8 Å². The number of hydrogen-bond acceptors (Lipinski definition) is 2. The molecular weight excluding hydrogens is 202 g/mol. The highest BCUT2D eigenvalue weighted by Gasteiger charge is 2.17. The van der Waals surface area contributed by atoms with E-state index < -0.39 is 0 Å². The zero-order valence-corrected chi connectivity index (χ0v) is 9.08. The molecule has 0 saturated carbocycles. The second kappa shape index (κ2) is 3.91. The molecule has 0 spiro atoms. The number of likely N-dealkylation sites (N-methyl/N-ethyl adjacent to an activating group) is 1. The van der Waals surface area contributed by atoms with Crippen LogP contribution in [0, 0.1) is 0 Å². The van der Waals surface area contributed by atoms with E-state index in [9.17, 15) is 0 Å². The van der Waals surface area contributed by atoms with Crippen LogP contribution >= 0.6 is 23.4 Å². The molecule has 1 atom stereocenters. The Labute approximate surface area is 87.9 Å². The first-order chi connectivity index (χ1) is 6.29. The molecule has 0 fully saturated rings. The maximum Gasteiger partial charge on any atom is 0.0409 e. The van der Waals surface area contributed by atoms with Gasteiger partial charge in [0, 0.05) is 21.7 Å². The number of benzene rings is 1. The molecule has 0 saturated heterocycles. The van der Waals surface area contributed by atoms with E-state index in [4.69, 9.17) is 11.6 Å². The van der Waals surface area contributed by atoms with Crippen LogP contribution in [0.3, 0.4) is 0 Å². The molecule has 13 heavy (non-hydrogen) atoms. The zero-order valence-electron chi connectivity index (χ0n) is 7.51. The van der Waals surface area contributed by atoms with Gasteiger partial charge < -0.3 is 5.32 Å². The number of halogens is 1. The molecule has 0 bridgehead atoms. The van der Waals surface area contributed by atoms with Crippen molar-refractivity contribution in [2.24, 2.45) is 0 Å². The first-order valence-corrected chi connectivity index (χ1v) is 5.74. The zero-order chi connectivity index (χ0) is 9.26. The van der Waals surface area contributed by atoms with E-state index in [1.54, 1.807) is 0 Å². The van der Waals surface area contributed by atoms with E-state index in [0.717, 1.165) is 17.2 Å². The summed E-state index contributed by atoms with van der Waals surface area (Å²) in [6, 6.07) is 6.75.